The van der Waals surface area contributed by atoms with E-state index in [1.54, 1.807) is 0 Å². The van der Waals surface area contributed by atoms with Gasteiger partial charge in [-0.25, -0.2) is 0 Å². The third-order valence-electron chi connectivity index (χ3n) is 0.714. The Morgan fingerprint density at radius 2 is 2.22 bits per heavy atom. The molecule has 1 unspecified atom stereocenters. The van der Waals surface area contributed by atoms with Crippen molar-refractivity contribution in [3.05, 3.63) is 0 Å². The summed E-state index contributed by atoms with van der Waals surface area (Å²) < 4.78 is 32.7. The molecule has 0 fully saturated rings. The Labute approximate surface area is 53.6 Å². The summed E-state index contributed by atoms with van der Waals surface area (Å²) in [5.41, 5.74) is 4.90. The minimum absolute atomic E-state index is 0.196. The zero-order chi connectivity index (χ0) is 7.49. The van der Waals surface area contributed by atoms with Gasteiger partial charge in [-0.15, -0.1) is 0 Å². The van der Waals surface area contributed by atoms with Gasteiger partial charge < -0.3 is 10.5 Å². The van der Waals surface area contributed by atoms with Crippen LogP contribution in [0, 0.1) is 0 Å². The van der Waals surface area contributed by atoms with Crippen LogP contribution in [-0.4, -0.2) is 32.1 Å². The molecule has 0 radical (unpaired) electrons. The molecule has 1 atom stereocenters. The highest BCUT2D eigenvalue weighted by molar-refractivity contribution is 7.86. The van der Waals surface area contributed by atoms with Crippen molar-refractivity contribution in [3.8, 4) is 0 Å². The molecule has 9 heavy (non-hydrogen) atoms. The molecular formula is C3H9NO4S. The number of methoxy groups -OCH3 is 1. The molecule has 0 spiro atoms. The molecule has 0 saturated heterocycles. The minimum atomic E-state index is -4.11. The predicted molar refractivity (Wildman–Crippen MR) is 31.4 cm³/mol. The fourth-order valence-corrected chi connectivity index (χ4v) is 0.558. The highest BCUT2D eigenvalue weighted by Gasteiger charge is 2.16. The number of ether oxygens (including phenoxy) is 1. The number of hydrogen-bond donors (Lipinski definition) is 2. The van der Waals surface area contributed by atoms with Crippen LogP contribution in [0.3, 0.4) is 0 Å². The van der Waals surface area contributed by atoms with E-state index >= 15 is 0 Å². The Morgan fingerprint density at radius 1 is 1.78 bits per heavy atom. The van der Waals surface area contributed by atoms with Gasteiger partial charge in [0.05, 0.1) is 6.61 Å². The van der Waals surface area contributed by atoms with Gasteiger partial charge in [-0.3, -0.25) is 4.55 Å². The van der Waals surface area contributed by atoms with Gasteiger partial charge in [0.1, 0.15) is 0 Å². The highest BCUT2D eigenvalue weighted by atomic mass is 32.2. The maximum Gasteiger partial charge on any atom is 0.283 e. The summed E-state index contributed by atoms with van der Waals surface area (Å²) in [6.45, 7) is -0.196. The van der Waals surface area contributed by atoms with Crippen molar-refractivity contribution in [2.45, 2.75) is 5.37 Å². The first-order valence-corrected chi connectivity index (χ1v) is 3.69. The molecule has 0 aromatic heterocycles. The quantitative estimate of drug-likeness (QED) is 0.500. The van der Waals surface area contributed by atoms with Crippen molar-refractivity contribution >= 4 is 10.1 Å². The van der Waals surface area contributed by atoms with E-state index in [4.69, 9.17) is 10.3 Å². The van der Waals surface area contributed by atoms with E-state index in [9.17, 15) is 8.42 Å². The molecule has 0 heterocycles. The number of rotatable bonds is 3. The predicted octanol–water partition coefficient (Wildman–Crippen LogP) is -1.19. The van der Waals surface area contributed by atoms with Crippen LogP contribution >= 0.6 is 0 Å². The second-order valence-electron chi connectivity index (χ2n) is 1.51. The lowest BCUT2D eigenvalue weighted by Gasteiger charge is -2.04. The van der Waals surface area contributed by atoms with Gasteiger partial charge in [0.25, 0.3) is 10.1 Å². The summed E-state index contributed by atoms with van der Waals surface area (Å²) >= 11 is 0. The summed E-state index contributed by atoms with van der Waals surface area (Å²) in [6, 6.07) is 0. The van der Waals surface area contributed by atoms with E-state index in [1.165, 1.54) is 7.11 Å². The second-order valence-corrected chi connectivity index (χ2v) is 3.14. The maximum atomic E-state index is 10.1. The maximum absolute atomic E-state index is 10.1. The molecule has 0 aromatic carbocycles. The molecule has 0 aromatic rings. The van der Waals surface area contributed by atoms with Crippen molar-refractivity contribution in [1.29, 1.82) is 0 Å². The van der Waals surface area contributed by atoms with E-state index in [0.717, 1.165) is 0 Å². The first-order chi connectivity index (χ1) is 3.98. The third kappa shape index (κ3) is 3.41. The summed E-state index contributed by atoms with van der Waals surface area (Å²) in [5.74, 6) is 0. The Morgan fingerprint density at radius 3 is 2.33 bits per heavy atom. The highest BCUT2D eigenvalue weighted by Crippen LogP contribution is 1.89. The second kappa shape index (κ2) is 3.11. The minimum Gasteiger partial charge on any atom is -0.382 e. The molecule has 0 aliphatic heterocycles. The van der Waals surface area contributed by atoms with Crippen LogP contribution < -0.4 is 5.73 Å². The zero-order valence-corrected chi connectivity index (χ0v) is 5.76. The van der Waals surface area contributed by atoms with Crippen LogP contribution in [0.1, 0.15) is 0 Å². The third-order valence-corrected chi connectivity index (χ3v) is 1.61. The van der Waals surface area contributed by atoms with Crippen LogP contribution in [0.15, 0.2) is 0 Å². The largest absolute Gasteiger partial charge is 0.382 e. The van der Waals surface area contributed by atoms with Crippen LogP contribution in [0.2, 0.25) is 0 Å². The number of hydrogen-bond acceptors (Lipinski definition) is 4. The van der Waals surface area contributed by atoms with Gasteiger partial charge >= 0.3 is 0 Å². The van der Waals surface area contributed by atoms with E-state index in [1.807, 2.05) is 0 Å². The van der Waals surface area contributed by atoms with Gasteiger partial charge in [0.15, 0.2) is 5.37 Å². The van der Waals surface area contributed by atoms with Gasteiger partial charge in [0, 0.05) is 7.11 Å². The van der Waals surface area contributed by atoms with Crippen LogP contribution in [0.25, 0.3) is 0 Å². The summed E-state index contributed by atoms with van der Waals surface area (Å²) in [7, 11) is -2.82. The number of nitrogens with two attached hydrogens (primary N) is 1. The van der Waals surface area contributed by atoms with Crippen molar-refractivity contribution in [2.75, 3.05) is 13.7 Å². The molecule has 0 aliphatic carbocycles. The van der Waals surface area contributed by atoms with Crippen LogP contribution in [-0.2, 0) is 14.9 Å². The van der Waals surface area contributed by atoms with Crippen LogP contribution in [0.4, 0.5) is 0 Å². The van der Waals surface area contributed by atoms with Gasteiger partial charge in [-0.05, 0) is 0 Å². The van der Waals surface area contributed by atoms with Gasteiger partial charge in [-0.2, -0.15) is 8.42 Å². The molecule has 0 bridgehead atoms. The molecule has 3 N–H and O–H groups in total. The Balaban J connectivity index is 3.90. The molecule has 5 nitrogen and oxygen atoms in total. The Bertz CT molecular complexity index is 163. The summed E-state index contributed by atoms with van der Waals surface area (Å²) in [4.78, 5) is 0. The smallest absolute Gasteiger partial charge is 0.283 e. The van der Waals surface area contributed by atoms with Crippen molar-refractivity contribution in [1.82, 2.24) is 0 Å². The Hall–Kier alpha value is -0.170. The molecule has 6 heteroatoms. The van der Waals surface area contributed by atoms with E-state index in [-0.39, 0.29) is 6.61 Å². The monoisotopic (exact) mass is 155 g/mol. The standard InChI is InChI=1S/C3H9NO4S/c1-8-2-3(4)9(5,6)7/h3H,2,4H2,1H3,(H,5,6,7). The summed E-state index contributed by atoms with van der Waals surface area (Å²) in [6.07, 6.45) is 0. The SMILES string of the molecule is COCC(N)S(=O)(=O)O. The zero-order valence-electron chi connectivity index (χ0n) is 4.94. The first kappa shape index (κ1) is 8.83. The fourth-order valence-electron chi connectivity index (χ4n) is 0.250. The Kier molecular flexibility index (Phi) is 3.06. The first-order valence-electron chi connectivity index (χ1n) is 2.19. The lowest BCUT2D eigenvalue weighted by molar-refractivity contribution is 0.195. The normalized spacial score (nSPS) is 15.4. The lowest BCUT2D eigenvalue weighted by Crippen LogP contribution is -2.34. The van der Waals surface area contributed by atoms with Crippen LogP contribution in [0.5, 0.6) is 0 Å². The molecular weight excluding hydrogens is 146 g/mol. The molecule has 0 saturated carbocycles. The van der Waals surface area contributed by atoms with Crippen molar-refractivity contribution in [3.63, 3.8) is 0 Å². The average molecular weight is 155 g/mol. The molecule has 0 rings (SSSR count). The average Bonchev–Trinajstić information content (AvgIpc) is 1.64. The summed E-state index contributed by atoms with van der Waals surface area (Å²) in [5, 5.41) is -1.33. The topological polar surface area (TPSA) is 89.6 Å². The lowest BCUT2D eigenvalue weighted by atomic mass is 10.7. The molecule has 0 amide bonds. The molecule has 56 valence electrons. The van der Waals surface area contributed by atoms with Gasteiger partial charge in [0.2, 0.25) is 0 Å². The van der Waals surface area contributed by atoms with Gasteiger partial charge in [-0.1, -0.05) is 0 Å². The van der Waals surface area contributed by atoms with E-state index in [2.05, 4.69) is 4.74 Å². The van der Waals surface area contributed by atoms with Crippen molar-refractivity contribution in [2.24, 2.45) is 5.73 Å². The van der Waals surface area contributed by atoms with E-state index in [0.29, 0.717) is 0 Å². The molecule has 0 aliphatic rings. The fraction of sp³-hybridized carbons (Fsp3) is 1.00. The van der Waals surface area contributed by atoms with E-state index < -0.39 is 15.5 Å². The van der Waals surface area contributed by atoms with Crippen molar-refractivity contribution < 1.29 is 17.7 Å².